The summed E-state index contributed by atoms with van der Waals surface area (Å²) < 4.78 is 5.61. The number of hydrogen-bond acceptors (Lipinski definition) is 5. The van der Waals surface area contributed by atoms with Crippen LogP contribution < -0.4 is 11.1 Å². The summed E-state index contributed by atoms with van der Waals surface area (Å²) in [6.07, 6.45) is 4.32. The van der Waals surface area contributed by atoms with Crippen LogP contribution in [0.3, 0.4) is 0 Å². The third-order valence-corrected chi connectivity index (χ3v) is 5.82. The minimum atomic E-state index is 0.157. The molecule has 0 aromatic carbocycles. The van der Waals surface area contributed by atoms with Crippen molar-refractivity contribution in [3.63, 3.8) is 0 Å². The number of hydrogen-bond donors (Lipinski definition) is 2. The van der Waals surface area contributed by atoms with E-state index in [1.165, 1.54) is 18.4 Å². The van der Waals surface area contributed by atoms with Gasteiger partial charge in [-0.15, -0.1) is 11.3 Å². The molecule has 1 aromatic rings. The molecule has 2 heterocycles. The molecule has 21 heavy (non-hydrogen) atoms. The van der Waals surface area contributed by atoms with E-state index in [4.69, 9.17) is 10.5 Å². The number of nitrogens with one attached hydrogen (secondary N) is 1. The molecule has 2 fully saturated rings. The Morgan fingerprint density at radius 1 is 1.43 bits per heavy atom. The standard InChI is InChI=1S/C16H24N2O2S/c1-3-12(19)15-14(17)13(10-4-5-10)16(21-15)18-8-11-6-7-20-9(11)2/h9-11,18H,3-8,17H2,1-2H3. The highest BCUT2D eigenvalue weighted by molar-refractivity contribution is 7.18. The molecule has 0 bridgehead atoms. The largest absolute Gasteiger partial charge is 0.397 e. The molecule has 2 atom stereocenters. The normalized spacial score (nSPS) is 25.2. The lowest BCUT2D eigenvalue weighted by Gasteiger charge is -2.15. The molecule has 1 aromatic heterocycles. The van der Waals surface area contributed by atoms with Gasteiger partial charge in [-0.2, -0.15) is 0 Å². The maximum absolute atomic E-state index is 12.0. The second kappa shape index (κ2) is 5.97. The molecule has 3 rings (SSSR count). The highest BCUT2D eigenvalue weighted by atomic mass is 32.1. The van der Waals surface area contributed by atoms with Crippen LogP contribution in [0.25, 0.3) is 0 Å². The van der Waals surface area contributed by atoms with Crippen LogP contribution >= 0.6 is 11.3 Å². The molecule has 4 nitrogen and oxygen atoms in total. The van der Waals surface area contributed by atoms with Gasteiger partial charge in [-0.05, 0) is 32.1 Å². The highest BCUT2D eigenvalue weighted by Crippen LogP contribution is 2.51. The number of anilines is 2. The molecule has 0 amide bonds. The van der Waals surface area contributed by atoms with E-state index >= 15 is 0 Å². The van der Waals surface area contributed by atoms with Crippen LogP contribution in [-0.2, 0) is 4.74 Å². The van der Waals surface area contributed by atoms with Crippen LogP contribution in [0.5, 0.6) is 0 Å². The zero-order valence-electron chi connectivity index (χ0n) is 12.8. The van der Waals surface area contributed by atoms with Crippen LogP contribution in [0.1, 0.15) is 60.7 Å². The van der Waals surface area contributed by atoms with Gasteiger partial charge in [0, 0.05) is 31.1 Å². The summed E-state index contributed by atoms with van der Waals surface area (Å²) in [7, 11) is 0. The highest BCUT2D eigenvalue weighted by Gasteiger charge is 2.33. The average Bonchev–Trinajstić information content (AvgIpc) is 3.14. The van der Waals surface area contributed by atoms with Gasteiger partial charge in [-0.25, -0.2) is 0 Å². The van der Waals surface area contributed by atoms with E-state index in [0.717, 1.165) is 35.1 Å². The summed E-state index contributed by atoms with van der Waals surface area (Å²) >= 11 is 1.55. The summed E-state index contributed by atoms with van der Waals surface area (Å²) in [6.45, 7) is 5.79. The monoisotopic (exact) mass is 308 g/mol. The molecule has 1 saturated heterocycles. The minimum absolute atomic E-state index is 0.157. The van der Waals surface area contributed by atoms with Crippen LogP contribution in [0, 0.1) is 5.92 Å². The molecule has 3 N–H and O–H groups in total. The number of nitrogen functional groups attached to an aromatic ring is 1. The third-order valence-electron chi connectivity index (χ3n) is 4.60. The number of thiophene rings is 1. The Bertz CT molecular complexity index is 537. The Hall–Kier alpha value is -1.07. The summed E-state index contributed by atoms with van der Waals surface area (Å²) in [5.74, 6) is 1.26. The van der Waals surface area contributed by atoms with Gasteiger partial charge in [0.15, 0.2) is 5.78 Å². The molecule has 116 valence electrons. The zero-order chi connectivity index (χ0) is 15.0. The lowest BCUT2D eigenvalue weighted by Crippen LogP contribution is -2.20. The SMILES string of the molecule is CCC(=O)c1sc(NCC2CCOC2C)c(C2CC2)c1N. The molecule has 0 radical (unpaired) electrons. The van der Waals surface area contributed by atoms with Crippen molar-refractivity contribution >= 4 is 27.8 Å². The Morgan fingerprint density at radius 2 is 2.19 bits per heavy atom. The molecule has 1 aliphatic carbocycles. The fourth-order valence-corrected chi connectivity index (χ4v) is 4.23. The van der Waals surface area contributed by atoms with Gasteiger partial charge < -0.3 is 15.8 Å². The summed E-state index contributed by atoms with van der Waals surface area (Å²) in [5, 5.41) is 4.67. The van der Waals surface area contributed by atoms with Crippen LogP contribution in [0.2, 0.25) is 0 Å². The second-order valence-electron chi connectivity index (χ2n) is 6.14. The Labute approximate surface area is 130 Å². The van der Waals surface area contributed by atoms with Crippen molar-refractivity contribution in [2.24, 2.45) is 5.92 Å². The third kappa shape index (κ3) is 2.94. The first-order valence-corrected chi connectivity index (χ1v) is 8.74. The smallest absolute Gasteiger partial charge is 0.174 e. The van der Waals surface area contributed by atoms with Crippen LogP contribution in [-0.4, -0.2) is 25.0 Å². The van der Waals surface area contributed by atoms with Crippen molar-refractivity contribution in [1.29, 1.82) is 0 Å². The first kappa shape index (κ1) is 14.9. The first-order chi connectivity index (χ1) is 10.1. The Kier molecular flexibility index (Phi) is 4.22. The van der Waals surface area contributed by atoms with Crippen molar-refractivity contribution in [1.82, 2.24) is 0 Å². The number of rotatable bonds is 6. The van der Waals surface area contributed by atoms with Crippen molar-refractivity contribution in [2.75, 3.05) is 24.2 Å². The van der Waals surface area contributed by atoms with Gasteiger partial charge in [0.2, 0.25) is 0 Å². The van der Waals surface area contributed by atoms with Crippen molar-refractivity contribution in [3.05, 3.63) is 10.4 Å². The number of carbonyl (C=O) groups is 1. The lowest BCUT2D eigenvalue weighted by atomic mass is 10.0. The Morgan fingerprint density at radius 3 is 2.76 bits per heavy atom. The molecule has 0 spiro atoms. The second-order valence-corrected chi connectivity index (χ2v) is 7.16. The lowest BCUT2D eigenvalue weighted by molar-refractivity contribution is 0.0992. The van der Waals surface area contributed by atoms with Gasteiger partial charge in [-0.3, -0.25) is 4.79 Å². The quantitative estimate of drug-likeness (QED) is 0.788. The number of Topliss-reactive ketones (excluding diaryl/α,β-unsaturated/α-hetero) is 1. The maximum Gasteiger partial charge on any atom is 0.174 e. The number of ketones is 1. The van der Waals surface area contributed by atoms with Gasteiger partial charge >= 0.3 is 0 Å². The molecule has 1 saturated carbocycles. The topological polar surface area (TPSA) is 64.3 Å². The van der Waals surface area contributed by atoms with E-state index in [-0.39, 0.29) is 5.78 Å². The molecule has 1 aliphatic heterocycles. The van der Waals surface area contributed by atoms with E-state index in [0.29, 0.717) is 24.4 Å². The fraction of sp³-hybridized carbons (Fsp3) is 0.688. The van der Waals surface area contributed by atoms with Crippen LogP contribution in [0.15, 0.2) is 0 Å². The van der Waals surface area contributed by atoms with Crippen molar-refractivity contribution in [3.8, 4) is 0 Å². The number of nitrogens with two attached hydrogens (primary N) is 1. The van der Waals surface area contributed by atoms with Gasteiger partial charge in [-0.1, -0.05) is 6.92 Å². The van der Waals surface area contributed by atoms with Gasteiger partial charge in [0.05, 0.1) is 21.7 Å². The number of carbonyl (C=O) groups excluding carboxylic acids is 1. The predicted octanol–water partition coefficient (Wildman–Crippen LogP) is 3.64. The first-order valence-electron chi connectivity index (χ1n) is 7.92. The summed E-state index contributed by atoms with van der Waals surface area (Å²) in [4.78, 5) is 12.8. The predicted molar refractivity (Wildman–Crippen MR) is 87.3 cm³/mol. The minimum Gasteiger partial charge on any atom is -0.397 e. The van der Waals surface area contributed by atoms with E-state index < -0.39 is 0 Å². The van der Waals surface area contributed by atoms with Crippen LogP contribution in [0.4, 0.5) is 10.7 Å². The number of ether oxygens (including phenoxy) is 1. The van der Waals surface area contributed by atoms with Crippen molar-refractivity contribution < 1.29 is 9.53 Å². The van der Waals surface area contributed by atoms with E-state index in [1.54, 1.807) is 11.3 Å². The van der Waals surface area contributed by atoms with Gasteiger partial charge in [0.25, 0.3) is 0 Å². The van der Waals surface area contributed by atoms with Crippen molar-refractivity contribution in [2.45, 2.75) is 51.6 Å². The maximum atomic E-state index is 12.0. The molecule has 5 heteroatoms. The summed E-state index contributed by atoms with van der Waals surface area (Å²) in [5.41, 5.74) is 8.18. The zero-order valence-corrected chi connectivity index (χ0v) is 13.6. The van der Waals surface area contributed by atoms with Gasteiger partial charge in [0.1, 0.15) is 0 Å². The molecular weight excluding hydrogens is 284 g/mol. The molecule has 2 aliphatic rings. The molecule has 2 unspecified atom stereocenters. The molecular formula is C16H24N2O2S. The summed E-state index contributed by atoms with van der Waals surface area (Å²) in [6, 6.07) is 0. The Balaban J connectivity index is 1.78. The van der Waals surface area contributed by atoms with E-state index in [1.807, 2.05) is 6.92 Å². The van der Waals surface area contributed by atoms with E-state index in [9.17, 15) is 4.79 Å². The van der Waals surface area contributed by atoms with E-state index in [2.05, 4.69) is 12.2 Å². The fourth-order valence-electron chi connectivity index (χ4n) is 3.00. The average molecular weight is 308 g/mol.